The monoisotopic (exact) mass is 367 g/mol. The number of benzene rings is 1. The first-order chi connectivity index (χ1) is 12.0. The first kappa shape index (κ1) is 18.1. The normalized spacial score (nSPS) is 9.96. The Morgan fingerprint density at radius 2 is 2.00 bits per heavy atom. The maximum atomic E-state index is 11.6. The van der Waals surface area contributed by atoms with E-state index in [1.165, 1.54) is 7.11 Å². The molecule has 0 aliphatic rings. The van der Waals surface area contributed by atoms with Gasteiger partial charge >= 0.3 is 11.0 Å². The molecule has 0 saturated heterocycles. The average Bonchev–Trinajstić information content (AvgIpc) is 3.07. The van der Waals surface area contributed by atoms with Gasteiger partial charge in [0.25, 0.3) is 5.91 Å². The van der Waals surface area contributed by atoms with Gasteiger partial charge in [0, 0.05) is 0 Å². The van der Waals surface area contributed by atoms with E-state index in [2.05, 4.69) is 10.3 Å². The van der Waals surface area contributed by atoms with Crippen LogP contribution in [-0.4, -0.2) is 42.1 Å². The Labute approximate surface area is 145 Å². The molecule has 0 fully saturated rings. The van der Waals surface area contributed by atoms with Crippen LogP contribution in [0.25, 0.3) is 0 Å². The molecule has 10 nitrogen and oxygen atoms in total. The molecule has 0 atom stereocenters. The lowest BCUT2D eigenvalue weighted by molar-refractivity contribution is -0.380. The standard InChI is InChI=1S/C14H13N3O7S/c1-22-9-4-2-3-5-10(9)23-8-13(19)24-7-11(18)16-14-15-6-12(25-14)17(20)21/h2-6H,7-8H2,1H3,(H,15,16,18). The zero-order valence-electron chi connectivity index (χ0n) is 13.0. The Kier molecular flexibility index (Phi) is 6.23. The molecule has 0 aliphatic heterocycles. The van der Waals surface area contributed by atoms with Crippen LogP contribution in [0, 0.1) is 10.1 Å². The number of carbonyl (C=O) groups excluding carboxylic acids is 2. The molecule has 0 aliphatic carbocycles. The number of hydrogen-bond acceptors (Lipinski definition) is 9. The summed E-state index contributed by atoms with van der Waals surface area (Å²) in [6.07, 6.45) is 1.02. The van der Waals surface area contributed by atoms with Crippen LogP contribution in [0.5, 0.6) is 11.5 Å². The summed E-state index contributed by atoms with van der Waals surface area (Å²) in [6.45, 7) is -0.974. The number of anilines is 1. The van der Waals surface area contributed by atoms with Gasteiger partial charge in [-0.2, -0.15) is 0 Å². The summed E-state index contributed by atoms with van der Waals surface area (Å²) in [7, 11) is 1.47. The van der Waals surface area contributed by atoms with E-state index in [0.29, 0.717) is 22.8 Å². The molecule has 25 heavy (non-hydrogen) atoms. The van der Waals surface area contributed by atoms with Crippen LogP contribution in [0.4, 0.5) is 10.1 Å². The molecule has 0 bridgehead atoms. The van der Waals surface area contributed by atoms with Crippen molar-refractivity contribution >= 4 is 33.3 Å². The van der Waals surface area contributed by atoms with Crippen molar-refractivity contribution in [1.29, 1.82) is 0 Å². The van der Waals surface area contributed by atoms with Crippen LogP contribution in [0.15, 0.2) is 30.5 Å². The summed E-state index contributed by atoms with van der Waals surface area (Å²) >= 11 is 0.694. The fraction of sp³-hybridized carbons (Fsp3) is 0.214. The second kappa shape index (κ2) is 8.59. The molecule has 1 aromatic carbocycles. The highest BCUT2D eigenvalue weighted by Crippen LogP contribution is 2.26. The lowest BCUT2D eigenvalue weighted by atomic mass is 10.3. The number of hydrogen-bond donors (Lipinski definition) is 1. The summed E-state index contributed by atoms with van der Waals surface area (Å²) in [6, 6.07) is 6.75. The van der Waals surface area contributed by atoms with Crippen LogP contribution in [-0.2, 0) is 14.3 Å². The third-order valence-electron chi connectivity index (χ3n) is 2.70. The Morgan fingerprint density at radius 3 is 2.64 bits per heavy atom. The van der Waals surface area contributed by atoms with E-state index in [9.17, 15) is 19.7 Å². The molecule has 0 saturated carbocycles. The summed E-state index contributed by atoms with van der Waals surface area (Å²) < 4.78 is 15.1. The summed E-state index contributed by atoms with van der Waals surface area (Å²) in [5.74, 6) is -0.610. The van der Waals surface area contributed by atoms with E-state index >= 15 is 0 Å². The predicted molar refractivity (Wildman–Crippen MR) is 86.8 cm³/mol. The third kappa shape index (κ3) is 5.42. The van der Waals surface area contributed by atoms with Gasteiger partial charge < -0.3 is 14.2 Å². The maximum absolute atomic E-state index is 11.6. The maximum Gasteiger partial charge on any atom is 0.345 e. The first-order valence-electron chi connectivity index (χ1n) is 6.81. The molecule has 0 unspecified atom stereocenters. The minimum Gasteiger partial charge on any atom is -0.493 e. The Balaban J connectivity index is 1.75. The highest BCUT2D eigenvalue weighted by Gasteiger charge is 2.15. The van der Waals surface area contributed by atoms with E-state index in [-0.39, 0.29) is 10.1 Å². The first-order valence-corrected chi connectivity index (χ1v) is 7.62. The van der Waals surface area contributed by atoms with Crippen molar-refractivity contribution < 1.29 is 28.7 Å². The number of rotatable bonds is 8. The number of ether oxygens (including phenoxy) is 3. The summed E-state index contributed by atoms with van der Waals surface area (Å²) in [4.78, 5) is 36.8. The van der Waals surface area contributed by atoms with Crippen molar-refractivity contribution in [1.82, 2.24) is 4.98 Å². The number of thiazole rings is 1. The number of aromatic nitrogens is 1. The smallest absolute Gasteiger partial charge is 0.345 e. The van der Waals surface area contributed by atoms with Crippen molar-refractivity contribution in [3.05, 3.63) is 40.6 Å². The summed E-state index contributed by atoms with van der Waals surface area (Å²) in [5.41, 5.74) is 0. The zero-order valence-corrected chi connectivity index (χ0v) is 13.8. The number of methoxy groups -OCH3 is 1. The van der Waals surface area contributed by atoms with Crippen molar-refractivity contribution in [3.63, 3.8) is 0 Å². The van der Waals surface area contributed by atoms with E-state index in [4.69, 9.17) is 14.2 Å². The molecule has 1 heterocycles. The van der Waals surface area contributed by atoms with Crippen LogP contribution < -0.4 is 14.8 Å². The van der Waals surface area contributed by atoms with E-state index in [0.717, 1.165) is 6.20 Å². The number of amides is 1. The predicted octanol–water partition coefficient (Wildman–Crippen LogP) is 1.62. The van der Waals surface area contributed by atoms with Gasteiger partial charge in [0.2, 0.25) is 0 Å². The topological polar surface area (TPSA) is 130 Å². The van der Waals surface area contributed by atoms with E-state index in [1.807, 2.05) is 0 Å². The van der Waals surface area contributed by atoms with E-state index in [1.54, 1.807) is 24.3 Å². The minimum absolute atomic E-state index is 0.0398. The second-order valence-corrected chi connectivity index (χ2v) is 5.42. The van der Waals surface area contributed by atoms with Gasteiger partial charge in [-0.25, -0.2) is 9.78 Å². The Hall–Kier alpha value is -3.21. The number of esters is 1. The highest BCUT2D eigenvalue weighted by atomic mass is 32.1. The quantitative estimate of drug-likeness (QED) is 0.423. The highest BCUT2D eigenvalue weighted by molar-refractivity contribution is 7.18. The SMILES string of the molecule is COc1ccccc1OCC(=O)OCC(=O)Nc1ncc([N+](=O)[O-])s1. The summed E-state index contributed by atoms with van der Waals surface area (Å²) in [5, 5.41) is 12.6. The van der Waals surface area contributed by atoms with Crippen LogP contribution in [0.1, 0.15) is 0 Å². The van der Waals surface area contributed by atoms with Crippen molar-refractivity contribution in [3.8, 4) is 11.5 Å². The molecule has 1 aromatic heterocycles. The van der Waals surface area contributed by atoms with Gasteiger partial charge in [0.05, 0.1) is 12.0 Å². The van der Waals surface area contributed by atoms with Gasteiger partial charge in [-0.1, -0.05) is 12.1 Å². The van der Waals surface area contributed by atoms with E-state index < -0.39 is 30.0 Å². The molecule has 1 N–H and O–H groups in total. The molecule has 0 spiro atoms. The number of nitrogens with zero attached hydrogens (tertiary/aromatic N) is 2. The largest absolute Gasteiger partial charge is 0.493 e. The average molecular weight is 367 g/mol. The fourth-order valence-corrected chi connectivity index (χ4v) is 2.27. The molecular weight excluding hydrogens is 354 g/mol. The van der Waals surface area contributed by atoms with Crippen molar-refractivity contribution in [2.24, 2.45) is 0 Å². The molecule has 132 valence electrons. The number of para-hydroxylation sites is 2. The van der Waals surface area contributed by atoms with Gasteiger partial charge in [-0.3, -0.25) is 20.2 Å². The lowest BCUT2D eigenvalue weighted by Gasteiger charge is -2.09. The molecule has 2 aromatic rings. The molecular formula is C14H13N3O7S. The van der Waals surface area contributed by atoms with Crippen molar-refractivity contribution in [2.45, 2.75) is 0 Å². The molecule has 11 heteroatoms. The third-order valence-corrected chi connectivity index (χ3v) is 3.56. The van der Waals surface area contributed by atoms with Crippen LogP contribution in [0.2, 0.25) is 0 Å². The minimum atomic E-state index is -0.758. The van der Waals surface area contributed by atoms with Gasteiger partial charge in [-0.05, 0) is 23.5 Å². The number of carbonyl (C=O) groups is 2. The zero-order chi connectivity index (χ0) is 18.2. The van der Waals surface area contributed by atoms with Crippen molar-refractivity contribution in [2.75, 3.05) is 25.6 Å². The number of nitro groups is 1. The number of nitrogens with one attached hydrogen (secondary N) is 1. The van der Waals surface area contributed by atoms with Gasteiger partial charge in [0.15, 0.2) is 29.8 Å². The van der Waals surface area contributed by atoms with Crippen LogP contribution >= 0.6 is 11.3 Å². The van der Waals surface area contributed by atoms with Gasteiger partial charge in [0.1, 0.15) is 6.20 Å². The second-order valence-electron chi connectivity index (χ2n) is 4.41. The molecule has 1 amide bonds. The fourth-order valence-electron chi connectivity index (χ4n) is 1.63. The Bertz CT molecular complexity index is 777. The Morgan fingerprint density at radius 1 is 1.28 bits per heavy atom. The van der Waals surface area contributed by atoms with Gasteiger partial charge in [-0.15, -0.1) is 0 Å². The van der Waals surface area contributed by atoms with Crippen LogP contribution in [0.3, 0.4) is 0 Å². The lowest BCUT2D eigenvalue weighted by Crippen LogP contribution is -2.23. The molecule has 2 rings (SSSR count). The molecule has 0 radical (unpaired) electrons.